The van der Waals surface area contributed by atoms with Gasteiger partial charge in [-0.15, -0.1) is 0 Å². The summed E-state index contributed by atoms with van der Waals surface area (Å²) in [5.74, 6) is 0.722. The molecule has 0 radical (unpaired) electrons. The zero-order valence-electron chi connectivity index (χ0n) is 13.6. The van der Waals surface area contributed by atoms with Crippen LogP contribution in [0, 0.1) is 0 Å². The van der Waals surface area contributed by atoms with Gasteiger partial charge in [0.1, 0.15) is 10.1 Å². The molecule has 0 saturated carbocycles. The number of rotatable bonds is 5. The number of thioether (sulfide) groups is 1. The minimum Gasteiger partial charge on any atom is -0.496 e. The van der Waals surface area contributed by atoms with Crippen LogP contribution in [-0.2, 0) is 9.53 Å². The number of hydrogen-bond donors (Lipinski definition) is 0. The standard InChI is InChI=1S/C17H20N2O3S2/c1-21-14-5-3-2-4-13(14)12-15-16(20)19(17(23)24-15)7-6-18-8-10-22-11-9-18/h2-5,12H,6-11H2,1H3. The highest BCUT2D eigenvalue weighted by molar-refractivity contribution is 8.26. The van der Waals surface area contributed by atoms with Crippen LogP contribution in [-0.4, -0.2) is 66.5 Å². The molecule has 1 aromatic rings. The third-order valence-electron chi connectivity index (χ3n) is 4.04. The van der Waals surface area contributed by atoms with Crippen LogP contribution in [0.1, 0.15) is 5.56 Å². The number of carbonyl (C=O) groups excluding carboxylic acids is 1. The maximum atomic E-state index is 12.7. The molecule has 0 spiro atoms. The van der Waals surface area contributed by atoms with Gasteiger partial charge in [0, 0.05) is 31.7 Å². The molecule has 0 atom stereocenters. The monoisotopic (exact) mass is 364 g/mol. The lowest BCUT2D eigenvalue weighted by Gasteiger charge is -2.28. The largest absolute Gasteiger partial charge is 0.496 e. The summed E-state index contributed by atoms with van der Waals surface area (Å²) in [5.41, 5.74) is 0.883. The van der Waals surface area contributed by atoms with Gasteiger partial charge in [0.25, 0.3) is 5.91 Å². The minimum absolute atomic E-state index is 0.0239. The zero-order valence-corrected chi connectivity index (χ0v) is 15.2. The Balaban J connectivity index is 1.68. The fourth-order valence-electron chi connectivity index (χ4n) is 2.69. The van der Waals surface area contributed by atoms with Crippen molar-refractivity contribution in [3.8, 4) is 5.75 Å². The minimum atomic E-state index is -0.0239. The first-order chi connectivity index (χ1) is 11.7. The molecular formula is C17H20N2O3S2. The van der Waals surface area contributed by atoms with E-state index in [2.05, 4.69) is 4.90 Å². The number of nitrogens with zero attached hydrogens (tertiary/aromatic N) is 2. The van der Waals surface area contributed by atoms with E-state index in [1.54, 1.807) is 12.0 Å². The summed E-state index contributed by atoms with van der Waals surface area (Å²) in [5, 5.41) is 0. The van der Waals surface area contributed by atoms with Crippen molar-refractivity contribution in [1.29, 1.82) is 0 Å². The number of thiocarbonyl (C=S) groups is 1. The normalized spacial score (nSPS) is 20.9. The van der Waals surface area contributed by atoms with E-state index in [0.29, 0.717) is 15.8 Å². The first-order valence-electron chi connectivity index (χ1n) is 7.87. The maximum absolute atomic E-state index is 12.7. The van der Waals surface area contributed by atoms with Gasteiger partial charge < -0.3 is 9.47 Å². The van der Waals surface area contributed by atoms with Crippen molar-refractivity contribution in [3.63, 3.8) is 0 Å². The average Bonchev–Trinajstić information content (AvgIpc) is 2.88. The Morgan fingerprint density at radius 1 is 1.29 bits per heavy atom. The molecule has 5 nitrogen and oxygen atoms in total. The Kier molecular flexibility index (Phi) is 5.89. The van der Waals surface area contributed by atoms with E-state index in [9.17, 15) is 4.79 Å². The van der Waals surface area contributed by atoms with E-state index in [4.69, 9.17) is 21.7 Å². The van der Waals surface area contributed by atoms with Gasteiger partial charge in [-0.05, 0) is 12.1 Å². The number of para-hydroxylation sites is 1. The van der Waals surface area contributed by atoms with Crippen molar-refractivity contribution < 1.29 is 14.3 Å². The maximum Gasteiger partial charge on any atom is 0.266 e. The Morgan fingerprint density at radius 3 is 2.79 bits per heavy atom. The second-order valence-electron chi connectivity index (χ2n) is 5.53. The topological polar surface area (TPSA) is 42.0 Å². The number of benzene rings is 1. The second-order valence-corrected chi connectivity index (χ2v) is 7.21. The molecule has 2 saturated heterocycles. The van der Waals surface area contributed by atoms with Gasteiger partial charge in [-0.2, -0.15) is 0 Å². The molecule has 2 heterocycles. The van der Waals surface area contributed by atoms with Crippen LogP contribution in [0.4, 0.5) is 0 Å². The van der Waals surface area contributed by atoms with Crippen LogP contribution in [0.5, 0.6) is 5.75 Å². The fourth-order valence-corrected chi connectivity index (χ4v) is 3.99. The summed E-state index contributed by atoms with van der Waals surface area (Å²) < 4.78 is 11.3. The van der Waals surface area contributed by atoms with Crippen LogP contribution < -0.4 is 4.74 Å². The predicted octanol–water partition coefficient (Wildman–Crippen LogP) is 2.23. The van der Waals surface area contributed by atoms with Crippen LogP contribution in [0.3, 0.4) is 0 Å². The Bertz CT molecular complexity index is 657. The predicted molar refractivity (Wildman–Crippen MR) is 100 cm³/mol. The van der Waals surface area contributed by atoms with E-state index in [1.807, 2.05) is 30.3 Å². The van der Waals surface area contributed by atoms with Gasteiger partial charge in [0.15, 0.2) is 0 Å². The molecule has 0 aliphatic carbocycles. The van der Waals surface area contributed by atoms with E-state index >= 15 is 0 Å². The first kappa shape index (κ1) is 17.4. The molecule has 2 aliphatic rings. The van der Waals surface area contributed by atoms with Gasteiger partial charge in [-0.1, -0.05) is 42.2 Å². The fraction of sp³-hybridized carbons (Fsp3) is 0.412. The first-order valence-corrected chi connectivity index (χ1v) is 9.10. The molecule has 0 N–H and O–H groups in total. The average molecular weight is 364 g/mol. The van der Waals surface area contributed by atoms with Crippen molar-refractivity contribution in [3.05, 3.63) is 34.7 Å². The zero-order chi connectivity index (χ0) is 16.9. The summed E-state index contributed by atoms with van der Waals surface area (Å²) in [6, 6.07) is 7.64. The van der Waals surface area contributed by atoms with Crippen LogP contribution in [0.2, 0.25) is 0 Å². The van der Waals surface area contributed by atoms with Crippen molar-refractivity contribution >= 4 is 40.3 Å². The van der Waals surface area contributed by atoms with Crippen LogP contribution in [0.15, 0.2) is 29.2 Å². The molecule has 7 heteroatoms. The van der Waals surface area contributed by atoms with Crippen molar-refractivity contribution in [1.82, 2.24) is 9.80 Å². The highest BCUT2D eigenvalue weighted by atomic mass is 32.2. The lowest BCUT2D eigenvalue weighted by atomic mass is 10.2. The van der Waals surface area contributed by atoms with Crippen LogP contribution in [0.25, 0.3) is 6.08 Å². The van der Waals surface area contributed by atoms with Gasteiger partial charge in [-0.25, -0.2) is 0 Å². The molecule has 24 heavy (non-hydrogen) atoms. The summed E-state index contributed by atoms with van der Waals surface area (Å²) in [7, 11) is 1.63. The second kappa shape index (κ2) is 8.11. The Morgan fingerprint density at radius 2 is 2.04 bits per heavy atom. The van der Waals surface area contributed by atoms with Crippen molar-refractivity contribution in [2.45, 2.75) is 0 Å². The molecule has 0 aromatic heterocycles. The highest BCUT2D eigenvalue weighted by Crippen LogP contribution is 2.34. The molecule has 1 aromatic carbocycles. The number of ether oxygens (including phenoxy) is 2. The van der Waals surface area contributed by atoms with Gasteiger partial charge in [0.2, 0.25) is 0 Å². The quantitative estimate of drug-likeness (QED) is 0.590. The van der Waals surface area contributed by atoms with Crippen LogP contribution >= 0.6 is 24.0 Å². The smallest absolute Gasteiger partial charge is 0.266 e. The molecule has 0 unspecified atom stereocenters. The molecule has 2 fully saturated rings. The molecule has 3 rings (SSSR count). The third-order valence-corrected chi connectivity index (χ3v) is 5.42. The van der Waals surface area contributed by atoms with E-state index < -0.39 is 0 Å². The van der Waals surface area contributed by atoms with Crippen molar-refractivity contribution in [2.75, 3.05) is 46.5 Å². The van der Waals surface area contributed by atoms with Crippen molar-refractivity contribution in [2.24, 2.45) is 0 Å². The number of amides is 1. The lowest BCUT2D eigenvalue weighted by Crippen LogP contribution is -2.42. The van der Waals surface area contributed by atoms with E-state index in [1.165, 1.54) is 11.8 Å². The highest BCUT2D eigenvalue weighted by Gasteiger charge is 2.32. The molecule has 1 amide bonds. The number of morpholine rings is 1. The number of carbonyl (C=O) groups is 1. The van der Waals surface area contributed by atoms with Gasteiger partial charge in [0.05, 0.1) is 25.2 Å². The Hall–Kier alpha value is -1.41. The SMILES string of the molecule is COc1ccccc1C=C1SC(=S)N(CCN2CCOCC2)C1=O. The molecule has 128 valence electrons. The van der Waals surface area contributed by atoms with Gasteiger partial charge in [-0.3, -0.25) is 14.6 Å². The molecule has 0 bridgehead atoms. The summed E-state index contributed by atoms with van der Waals surface area (Å²) in [6.45, 7) is 4.77. The lowest BCUT2D eigenvalue weighted by molar-refractivity contribution is -0.122. The molecule has 2 aliphatic heterocycles. The Labute approximate surface area is 151 Å². The van der Waals surface area contributed by atoms with E-state index in [0.717, 1.165) is 44.2 Å². The summed E-state index contributed by atoms with van der Waals surface area (Å²) in [6.07, 6.45) is 1.85. The number of hydrogen-bond acceptors (Lipinski definition) is 6. The number of methoxy groups -OCH3 is 1. The van der Waals surface area contributed by atoms with Gasteiger partial charge >= 0.3 is 0 Å². The summed E-state index contributed by atoms with van der Waals surface area (Å²) in [4.78, 5) is 17.3. The van der Waals surface area contributed by atoms with E-state index in [-0.39, 0.29) is 5.91 Å². The summed E-state index contributed by atoms with van der Waals surface area (Å²) >= 11 is 6.74. The third kappa shape index (κ3) is 3.97. The molecular weight excluding hydrogens is 344 g/mol.